The maximum Gasteiger partial charge on any atom is 0.228 e. The Morgan fingerprint density at radius 2 is 2.00 bits per heavy atom. The lowest BCUT2D eigenvalue weighted by molar-refractivity contribution is -0.115. The highest BCUT2D eigenvalue weighted by molar-refractivity contribution is 6.29. The summed E-state index contributed by atoms with van der Waals surface area (Å²) >= 11 is 5.86. The molecule has 0 atom stereocenters. The molecule has 84 valence electrons. The second-order valence-electron chi connectivity index (χ2n) is 3.96. The summed E-state index contributed by atoms with van der Waals surface area (Å²) in [6.45, 7) is 0. The number of anilines is 1. The molecule has 0 unspecified atom stereocenters. The number of carbonyl (C=O) groups is 1. The number of hydrogen-bond donors (Lipinski definition) is 1. The Labute approximate surface area is 103 Å². The minimum absolute atomic E-state index is 0.0462. The molecule has 1 aromatic heterocycles. The van der Waals surface area contributed by atoms with Crippen molar-refractivity contribution in [1.29, 1.82) is 0 Å². The van der Waals surface area contributed by atoms with Crippen molar-refractivity contribution in [1.82, 2.24) is 4.98 Å². The van der Waals surface area contributed by atoms with Gasteiger partial charge in [-0.05, 0) is 41.0 Å². The lowest BCUT2D eigenvalue weighted by Gasteiger charge is -2.04. The van der Waals surface area contributed by atoms with Crippen LogP contribution in [0.15, 0.2) is 36.5 Å². The molecule has 0 aliphatic carbocycles. The molecule has 0 fully saturated rings. The first-order chi connectivity index (χ1) is 8.22. The zero-order chi connectivity index (χ0) is 11.8. The van der Waals surface area contributed by atoms with Crippen molar-refractivity contribution in [3.05, 3.63) is 47.2 Å². The predicted octanol–water partition coefficient (Wildman–Crippen LogP) is 2.90. The van der Waals surface area contributed by atoms with E-state index < -0.39 is 0 Å². The predicted molar refractivity (Wildman–Crippen MR) is 67.0 cm³/mol. The van der Waals surface area contributed by atoms with E-state index in [1.807, 2.05) is 30.3 Å². The summed E-state index contributed by atoms with van der Waals surface area (Å²) in [6.07, 6.45) is 2.12. The van der Waals surface area contributed by atoms with Gasteiger partial charge in [-0.3, -0.25) is 4.79 Å². The van der Waals surface area contributed by atoms with Crippen LogP contribution in [0.5, 0.6) is 0 Å². The van der Waals surface area contributed by atoms with Crippen molar-refractivity contribution in [2.24, 2.45) is 0 Å². The van der Waals surface area contributed by atoms with Crippen LogP contribution in [0.1, 0.15) is 5.56 Å². The van der Waals surface area contributed by atoms with E-state index in [0.717, 1.165) is 22.4 Å². The number of halogens is 1. The average Bonchev–Trinajstić information content (AvgIpc) is 2.68. The molecule has 4 heteroatoms. The molecule has 1 aliphatic heterocycles. The van der Waals surface area contributed by atoms with Gasteiger partial charge >= 0.3 is 0 Å². The van der Waals surface area contributed by atoms with Crippen molar-refractivity contribution in [3.63, 3.8) is 0 Å². The highest BCUT2D eigenvalue weighted by atomic mass is 35.5. The van der Waals surface area contributed by atoms with Crippen LogP contribution in [0.25, 0.3) is 11.1 Å². The Balaban J connectivity index is 2.06. The van der Waals surface area contributed by atoms with E-state index in [1.54, 1.807) is 6.20 Å². The van der Waals surface area contributed by atoms with Crippen LogP contribution in [0.2, 0.25) is 5.15 Å². The van der Waals surface area contributed by atoms with E-state index in [9.17, 15) is 4.79 Å². The summed E-state index contributed by atoms with van der Waals surface area (Å²) in [5.74, 6) is 0.0462. The summed E-state index contributed by atoms with van der Waals surface area (Å²) < 4.78 is 0. The summed E-state index contributed by atoms with van der Waals surface area (Å²) in [5.41, 5.74) is 3.98. The topological polar surface area (TPSA) is 42.0 Å². The molecule has 2 heterocycles. The number of nitrogens with zero attached hydrogens (tertiary/aromatic N) is 1. The van der Waals surface area contributed by atoms with Crippen LogP contribution >= 0.6 is 11.6 Å². The Bertz CT molecular complexity index is 610. The number of rotatable bonds is 1. The fourth-order valence-electron chi connectivity index (χ4n) is 1.99. The fraction of sp³-hybridized carbons (Fsp3) is 0.0769. The largest absolute Gasteiger partial charge is 0.326 e. The molecule has 0 bridgehead atoms. The van der Waals surface area contributed by atoms with Gasteiger partial charge in [0, 0.05) is 11.9 Å². The summed E-state index contributed by atoms with van der Waals surface area (Å²) in [4.78, 5) is 15.2. The van der Waals surface area contributed by atoms with E-state index in [4.69, 9.17) is 11.6 Å². The van der Waals surface area contributed by atoms with Crippen LogP contribution in [-0.4, -0.2) is 10.9 Å². The molecule has 17 heavy (non-hydrogen) atoms. The van der Waals surface area contributed by atoms with Gasteiger partial charge in [-0.1, -0.05) is 17.7 Å². The minimum Gasteiger partial charge on any atom is -0.326 e. The standard InChI is InChI=1S/C13H9ClN2O/c14-12-6-9(3-4-15-12)8-1-2-11-10(5-8)7-13(17)16-11/h1-6H,7H2,(H,16,17). The van der Waals surface area contributed by atoms with E-state index in [-0.39, 0.29) is 5.91 Å². The molecule has 1 aromatic carbocycles. The van der Waals surface area contributed by atoms with E-state index in [2.05, 4.69) is 10.3 Å². The number of benzene rings is 1. The number of pyridine rings is 1. The van der Waals surface area contributed by atoms with Gasteiger partial charge in [-0.2, -0.15) is 0 Å². The zero-order valence-corrected chi connectivity index (χ0v) is 9.66. The van der Waals surface area contributed by atoms with Crippen molar-refractivity contribution in [3.8, 4) is 11.1 Å². The number of carbonyl (C=O) groups excluding carboxylic acids is 1. The molecule has 2 aromatic rings. The molecule has 1 amide bonds. The van der Waals surface area contributed by atoms with Crippen molar-refractivity contribution >= 4 is 23.2 Å². The summed E-state index contributed by atoms with van der Waals surface area (Å²) in [5, 5.41) is 3.28. The summed E-state index contributed by atoms with van der Waals surface area (Å²) in [6, 6.07) is 9.62. The van der Waals surface area contributed by atoms with Crippen LogP contribution in [-0.2, 0) is 11.2 Å². The van der Waals surface area contributed by atoms with Gasteiger partial charge in [0.05, 0.1) is 6.42 Å². The summed E-state index contributed by atoms with van der Waals surface area (Å²) in [7, 11) is 0. The lowest BCUT2D eigenvalue weighted by atomic mass is 10.0. The smallest absolute Gasteiger partial charge is 0.228 e. The first-order valence-corrected chi connectivity index (χ1v) is 5.65. The van der Waals surface area contributed by atoms with Crippen LogP contribution < -0.4 is 5.32 Å². The number of aromatic nitrogens is 1. The van der Waals surface area contributed by atoms with Gasteiger partial charge in [0.1, 0.15) is 5.15 Å². The highest BCUT2D eigenvalue weighted by Gasteiger charge is 2.17. The first-order valence-electron chi connectivity index (χ1n) is 5.27. The lowest BCUT2D eigenvalue weighted by Crippen LogP contribution is -2.03. The maximum absolute atomic E-state index is 11.3. The van der Waals surface area contributed by atoms with Crippen molar-refractivity contribution in [2.45, 2.75) is 6.42 Å². The van der Waals surface area contributed by atoms with E-state index in [1.165, 1.54) is 0 Å². The number of hydrogen-bond acceptors (Lipinski definition) is 2. The molecule has 3 rings (SSSR count). The van der Waals surface area contributed by atoms with Gasteiger partial charge in [0.2, 0.25) is 5.91 Å². The zero-order valence-electron chi connectivity index (χ0n) is 8.90. The molecule has 1 aliphatic rings. The Morgan fingerprint density at radius 3 is 2.82 bits per heavy atom. The van der Waals surface area contributed by atoms with Crippen molar-refractivity contribution in [2.75, 3.05) is 5.32 Å². The van der Waals surface area contributed by atoms with Gasteiger partial charge in [-0.25, -0.2) is 4.98 Å². The normalized spacial score (nSPS) is 13.4. The van der Waals surface area contributed by atoms with Crippen LogP contribution in [0, 0.1) is 0 Å². The Hall–Kier alpha value is -1.87. The SMILES string of the molecule is O=C1Cc2cc(-c3ccnc(Cl)c3)ccc2N1. The molecule has 0 saturated carbocycles. The molecular formula is C13H9ClN2O. The minimum atomic E-state index is 0.0462. The Morgan fingerprint density at radius 1 is 1.18 bits per heavy atom. The highest BCUT2D eigenvalue weighted by Crippen LogP contribution is 2.29. The second-order valence-corrected chi connectivity index (χ2v) is 4.35. The molecular weight excluding hydrogens is 236 g/mol. The van der Waals surface area contributed by atoms with Crippen molar-refractivity contribution < 1.29 is 4.79 Å². The number of fused-ring (bicyclic) bond motifs is 1. The molecule has 0 spiro atoms. The third kappa shape index (κ3) is 1.89. The van der Waals surface area contributed by atoms with E-state index >= 15 is 0 Å². The van der Waals surface area contributed by atoms with Crippen LogP contribution in [0.4, 0.5) is 5.69 Å². The monoisotopic (exact) mass is 244 g/mol. The third-order valence-corrected chi connectivity index (χ3v) is 3.00. The quantitative estimate of drug-likeness (QED) is 0.784. The van der Waals surface area contributed by atoms with E-state index in [0.29, 0.717) is 11.6 Å². The van der Waals surface area contributed by atoms with Gasteiger partial charge < -0.3 is 5.32 Å². The maximum atomic E-state index is 11.3. The number of amides is 1. The average molecular weight is 245 g/mol. The molecule has 0 saturated heterocycles. The van der Waals surface area contributed by atoms with Gasteiger partial charge in [0.25, 0.3) is 0 Å². The van der Waals surface area contributed by atoms with Gasteiger partial charge in [0.15, 0.2) is 0 Å². The molecule has 3 nitrogen and oxygen atoms in total. The number of nitrogens with one attached hydrogen (secondary N) is 1. The third-order valence-electron chi connectivity index (χ3n) is 2.79. The van der Waals surface area contributed by atoms with Crippen LogP contribution in [0.3, 0.4) is 0 Å². The second kappa shape index (κ2) is 3.86. The fourth-order valence-corrected chi connectivity index (χ4v) is 2.16. The molecule has 0 radical (unpaired) electrons. The van der Waals surface area contributed by atoms with Gasteiger partial charge in [-0.15, -0.1) is 0 Å². The first kappa shape index (κ1) is 10.3. The molecule has 1 N–H and O–H groups in total. The Kier molecular flexibility index (Phi) is 2.34.